The van der Waals surface area contributed by atoms with E-state index >= 15 is 0 Å². The normalized spacial score (nSPS) is 14.9. The number of methoxy groups -OCH3 is 1. The van der Waals surface area contributed by atoms with Crippen LogP contribution in [0.2, 0.25) is 0 Å². The summed E-state index contributed by atoms with van der Waals surface area (Å²) in [6, 6.07) is 19.9. The summed E-state index contributed by atoms with van der Waals surface area (Å²) in [5.74, 6) is 0.416. The Bertz CT molecular complexity index is 864. The monoisotopic (exact) mass is 390 g/mol. The van der Waals surface area contributed by atoms with E-state index in [0.717, 1.165) is 44.0 Å². The molecule has 2 aromatic rings. The molecule has 1 amide bonds. The maximum absolute atomic E-state index is 12.4. The summed E-state index contributed by atoms with van der Waals surface area (Å²) >= 11 is 0. The number of piperazine rings is 1. The standard InChI is InChI=1S/C23H26N4O2/c1-29-22-9-7-19(8-10-22)16-25-23(28)21(15-24)18-27-13-11-26(12-14-27)17-20-5-3-2-4-6-20/h2-10,18H,11-14,16-17H2,1H3,(H,25,28). The maximum atomic E-state index is 12.4. The summed E-state index contributed by atoms with van der Waals surface area (Å²) in [4.78, 5) is 16.8. The Hall–Kier alpha value is -3.30. The molecule has 0 atom stereocenters. The Morgan fingerprint density at radius 2 is 1.76 bits per heavy atom. The molecular formula is C23H26N4O2. The van der Waals surface area contributed by atoms with Gasteiger partial charge in [-0.05, 0) is 23.3 Å². The second-order valence-corrected chi connectivity index (χ2v) is 6.98. The molecule has 150 valence electrons. The molecule has 0 unspecified atom stereocenters. The van der Waals surface area contributed by atoms with Gasteiger partial charge < -0.3 is 15.0 Å². The minimum absolute atomic E-state index is 0.134. The number of ether oxygens (including phenoxy) is 1. The molecule has 1 heterocycles. The SMILES string of the molecule is COc1ccc(CNC(=O)C(C#N)=CN2CCN(Cc3ccccc3)CC2)cc1. The first kappa shape index (κ1) is 20.4. The molecule has 0 aromatic heterocycles. The molecule has 2 aromatic carbocycles. The van der Waals surface area contributed by atoms with Gasteiger partial charge in [-0.15, -0.1) is 0 Å². The molecule has 1 N–H and O–H groups in total. The summed E-state index contributed by atoms with van der Waals surface area (Å²) in [5, 5.41) is 12.2. The molecule has 0 bridgehead atoms. The van der Waals surface area contributed by atoms with Gasteiger partial charge in [0.25, 0.3) is 5.91 Å². The van der Waals surface area contributed by atoms with Crippen LogP contribution in [0.4, 0.5) is 0 Å². The number of rotatable bonds is 7. The van der Waals surface area contributed by atoms with Gasteiger partial charge in [0, 0.05) is 45.5 Å². The van der Waals surface area contributed by atoms with Gasteiger partial charge in [-0.1, -0.05) is 42.5 Å². The van der Waals surface area contributed by atoms with Gasteiger partial charge in [0.2, 0.25) is 0 Å². The molecule has 0 spiro atoms. The number of nitrogens with one attached hydrogen (secondary N) is 1. The molecule has 1 aliphatic rings. The van der Waals surface area contributed by atoms with Crippen LogP contribution in [0.3, 0.4) is 0 Å². The van der Waals surface area contributed by atoms with E-state index < -0.39 is 0 Å². The highest BCUT2D eigenvalue weighted by Gasteiger charge is 2.17. The van der Waals surface area contributed by atoms with E-state index in [2.05, 4.69) is 34.5 Å². The van der Waals surface area contributed by atoms with Gasteiger partial charge in [-0.2, -0.15) is 5.26 Å². The van der Waals surface area contributed by atoms with Gasteiger partial charge in [-0.3, -0.25) is 9.69 Å². The molecule has 0 aliphatic carbocycles. The highest BCUT2D eigenvalue weighted by atomic mass is 16.5. The first-order valence-corrected chi connectivity index (χ1v) is 9.71. The van der Waals surface area contributed by atoms with E-state index in [1.165, 1.54) is 5.56 Å². The zero-order chi connectivity index (χ0) is 20.5. The van der Waals surface area contributed by atoms with Crippen molar-refractivity contribution in [2.24, 2.45) is 0 Å². The summed E-state index contributed by atoms with van der Waals surface area (Å²) in [7, 11) is 1.61. The van der Waals surface area contributed by atoms with Crippen molar-refractivity contribution in [3.63, 3.8) is 0 Å². The van der Waals surface area contributed by atoms with Crippen LogP contribution in [0, 0.1) is 11.3 Å². The highest BCUT2D eigenvalue weighted by Crippen LogP contribution is 2.12. The van der Waals surface area contributed by atoms with Crippen LogP contribution < -0.4 is 10.1 Å². The van der Waals surface area contributed by atoms with Gasteiger partial charge in [-0.25, -0.2) is 0 Å². The fourth-order valence-corrected chi connectivity index (χ4v) is 3.23. The van der Waals surface area contributed by atoms with Crippen molar-refractivity contribution < 1.29 is 9.53 Å². The highest BCUT2D eigenvalue weighted by molar-refractivity contribution is 5.97. The van der Waals surface area contributed by atoms with Gasteiger partial charge in [0.05, 0.1) is 7.11 Å². The quantitative estimate of drug-likeness (QED) is 0.581. The smallest absolute Gasteiger partial charge is 0.263 e. The van der Waals surface area contributed by atoms with Gasteiger partial charge in [0.15, 0.2) is 0 Å². The van der Waals surface area contributed by atoms with E-state index in [4.69, 9.17) is 4.74 Å². The van der Waals surface area contributed by atoms with Crippen molar-refractivity contribution in [1.82, 2.24) is 15.1 Å². The third-order valence-electron chi connectivity index (χ3n) is 4.94. The molecular weight excluding hydrogens is 364 g/mol. The Morgan fingerprint density at radius 1 is 1.07 bits per heavy atom. The molecule has 29 heavy (non-hydrogen) atoms. The molecule has 0 saturated carbocycles. The zero-order valence-electron chi connectivity index (χ0n) is 16.7. The predicted molar refractivity (Wildman–Crippen MR) is 112 cm³/mol. The number of hydrogen-bond acceptors (Lipinski definition) is 5. The molecule has 1 saturated heterocycles. The van der Waals surface area contributed by atoms with Crippen molar-refractivity contribution in [1.29, 1.82) is 5.26 Å². The lowest BCUT2D eigenvalue weighted by atomic mass is 10.2. The summed E-state index contributed by atoms with van der Waals surface area (Å²) in [6.07, 6.45) is 1.68. The fraction of sp³-hybridized carbons (Fsp3) is 0.304. The van der Waals surface area contributed by atoms with E-state index in [-0.39, 0.29) is 11.5 Å². The molecule has 6 heteroatoms. The number of nitriles is 1. The number of carbonyl (C=O) groups excluding carboxylic acids is 1. The lowest BCUT2D eigenvalue weighted by Crippen LogP contribution is -2.44. The number of hydrogen-bond donors (Lipinski definition) is 1. The number of benzene rings is 2. The minimum atomic E-state index is -0.352. The summed E-state index contributed by atoms with van der Waals surface area (Å²) in [5.41, 5.74) is 2.38. The van der Waals surface area contributed by atoms with Gasteiger partial charge >= 0.3 is 0 Å². The van der Waals surface area contributed by atoms with E-state index in [9.17, 15) is 10.1 Å². The molecule has 1 fully saturated rings. The van der Waals surface area contributed by atoms with E-state index in [1.54, 1.807) is 13.3 Å². The molecule has 0 radical (unpaired) electrons. The first-order valence-electron chi connectivity index (χ1n) is 9.71. The van der Waals surface area contributed by atoms with Crippen LogP contribution in [0.25, 0.3) is 0 Å². The zero-order valence-corrected chi connectivity index (χ0v) is 16.7. The maximum Gasteiger partial charge on any atom is 0.263 e. The van der Waals surface area contributed by atoms with Crippen molar-refractivity contribution >= 4 is 5.91 Å². The van der Waals surface area contributed by atoms with Crippen LogP contribution in [0.15, 0.2) is 66.4 Å². The summed E-state index contributed by atoms with van der Waals surface area (Å²) in [6.45, 7) is 4.68. The van der Waals surface area contributed by atoms with Crippen LogP contribution in [0.5, 0.6) is 5.75 Å². The van der Waals surface area contributed by atoms with E-state index in [1.807, 2.05) is 41.3 Å². The second-order valence-electron chi connectivity index (χ2n) is 6.98. The average molecular weight is 390 g/mol. The first-order chi connectivity index (χ1) is 14.2. The molecule has 6 nitrogen and oxygen atoms in total. The van der Waals surface area contributed by atoms with Crippen LogP contribution >= 0.6 is 0 Å². The predicted octanol–water partition coefficient (Wildman–Crippen LogP) is 2.54. The second kappa shape index (κ2) is 10.3. The third-order valence-corrected chi connectivity index (χ3v) is 4.94. The Balaban J connectivity index is 1.49. The Labute approximate surface area is 172 Å². The number of amides is 1. The summed E-state index contributed by atoms with van der Waals surface area (Å²) < 4.78 is 5.13. The lowest BCUT2D eigenvalue weighted by Gasteiger charge is -2.34. The van der Waals surface area contributed by atoms with Crippen molar-refractivity contribution in [2.75, 3.05) is 33.3 Å². The Kier molecular flexibility index (Phi) is 7.26. The Morgan fingerprint density at radius 3 is 2.38 bits per heavy atom. The van der Waals surface area contributed by atoms with Gasteiger partial charge in [0.1, 0.15) is 17.4 Å². The van der Waals surface area contributed by atoms with Crippen LogP contribution in [-0.2, 0) is 17.9 Å². The third kappa shape index (κ3) is 6.09. The number of nitrogens with zero attached hydrogens (tertiary/aromatic N) is 3. The van der Waals surface area contributed by atoms with Crippen LogP contribution in [0.1, 0.15) is 11.1 Å². The van der Waals surface area contributed by atoms with Crippen LogP contribution in [-0.4, -0.2) is 49.0 Å². The molecule has 3 rings (SSSR count). The lowest BCUT2D eigenvalue weighted by molar-refractivity contribution is -0.117. The largest absolute Gasteiger partial charge is 0.497 e. The topological polar surface area (TPSA) is 68.6 Å². The average Bonchev–Trinajstić information content (AvgIpc) is 2.78. The number of carbonyl (C=O) groups is 1. The van der Waals surface area contributed by atoms with Crippen molar-refractivity contribution in [3.05, 3.63) is 77.5 Å². The van der Waals surface area contributed by atoms with Crippen molar-refractivity contribution in [3.8, 4) is 11.8 Å². The van der Waals surface area contributed by atoms with Crippen molar-refractivity contribution in [2.45, 2.75) is 13.1 Å². The van der Waals surface area contributed by atoms with E-state index in [0.29, 0.717) is 6.54 Å². The fourth-order valence-electron chi connectivity index (χ4n) is 3.23. The minimum Gasteiger partial charge on any atom is -0.497 e. The molecule has 1 aliphatic heterocycles.